The van der Waals surface area contributed by atoms with Crippen LogP contribution in [0.5, 0.6) is 11.5 Å². The van der Waals surface area contributed by atoms with Gasteiger partial charge in [0.25, 0.3) is 0 Å². The largest absolute Gasteiger partial charge is 0.586 e. The number of hydrogen-bond acceptors (Lipinski definition) is 6. The minimum absolute atomic E-state index is 0.00347. The lowest BCUT2D eigenvalue weighted by molar-refractivity contribution is -0.286. The van der Waals surface area contributed by atoms with Crippen LogP contribution in [0.3, 0.4) is 0 Å². The number of fused-ring (bicyclic) bond motifs is 2. The SMILES string of the molecule is CC(C)(C)c1ccc(C2(C(F)(F)F)CC2)cc1.CC(C)(C)c1ccc2c(c1)CCC2.CC(C)(C)c1ccc2c(c1)OC(F)(F)O2.CC(C)(C)c1cnc(C(C)(C)C)o1.CC(C)(C)c1coc(C(C)(C)C)n1. The number of halogens is 5. The molecule has 5 aromatic rings. The van der Waals surface area contributed by atoms with Crippen LogP contribution in [0.2, 0.25) is 0 Å². The first-order valence-electron chi connectivity index (χ1n) is 25.1. The minimum Gasteiger partial charge on any atom is -0.448 e. The van der Waals surface area contributed by atoms with Crippen LogP contribution >= 0.6 is 0 Å². The summed E-state index contributed by atoms with van der Waals surface area (Å²) in [5, 5.41) is 0. The van der Waals surface area contributed by atoms with Crippen LogP contribution in [0.4, 0.5) is 22.0 Å². The maximum absolute atomic E-state index is 12.9. The van der Waals surface area contributed by atoms with Gasteiger partial charge in [0, 0.05) is 21.7 Å². The second-order valence-electron chi connectivity index (χ2n) is 26.6. The van der Waals surface area contributed by atoms with E-state index in [1.807, 2.05) is 39.1 Å². The molecular weight excluding hydrogens is 908 g/mol. The molecule has 71 heavy (non-hydrogen) atoms. The smallest absolute Gasteiger partial charge is 0.448 e. The molecule has 0 bridgehead atoms. The van der Waals surface area contributed by atoms with E-state index in [9.17, 15) is 22.0 Å². The fraction of sp³-hybridized carbons (Fsp3) is 0.600. The Bertz CT molecular complexity index is 2390. The first kappa shape index (κ1) is 58.9. The molecule has 1 aliphatic heterocycles. The summed E-state index contributed by atoms with van der Waals surface area (Å²) in [4.78, 5) is 8.77. The Hall–Kier alpha value is -4.67. The van der Waals surface area contributed by atoms with Crippen LogP contribution in [0.1, 0.15) is 221 Å². The van der Waals surface area contributed by atoms with Crippen LogP contribution in [0.15, 0.2) is 82.0 Å². The molecule has 0 saturated heterocycles. The van der Waals surface area contributed by atoms with Gasteiger partial charge in [-0.25, -0.2) is 9.97 Å². The van der Waals surface area contributed by atoms with Gasteiger partial charge in [0.15, 0.2) is 23.3 Å². The van der Waals surface area contributed by atoms with Gasteiger partial charge in [-0.2, -0.15) is 13.2 Å². The van der Waals surface area contributed by atoms with Gasteiger partial charge in [0.2, 0.25) is 0 Å². The maximum Gasteiger partial charge on any atom is 0.586 e. The van der Waals surface area contributed by atoms with Crippen molar-refractivity contribution in [2.75, 3.05) is 0 Å². The van der Waals surface area contributed by atoms with Crippen molar-refractivity contribution >= 4 is 0 Å². The minimum atomic E-state index is -4.11. The van der Waals surface area contributed by atoms with Crippen LogP contribution in [0.25, 0.3) is 0 Å². The Morgan fingerprint density at radius 3 is 1.38 bits per heavy atom. The molecule has 394 valence electrons. The predicted octanol–water partition coefficient (Wildman–Crippen LogP) is 17.9. The standard InChI is InChI=1S/C14H17F3.C13H18.C11H12F2O2.2C11H19NO/c1-12(2,3)10-4-6-11(7-5-10)13(8-9-13)14(15,16)17;1-13(2,3)12-8-7-10-5-4-6-11(10)9-12;1-10(2,3)7-4-5-8-9(6-7)15-11(12,13)14-8;1-10(2,3)8-7-13-9(12-8)11(4,5)6;1-10(2,3)8-7-12-9(13-8)11(4,5)6/h4-7H,8-9H2,1-3H3;7-9H,4-6H2,1-3H3;4-6H,1-3H3;2*7H,1-6H3. The van der Waals surface area contributed by atoms with Crippen molar-refractivity contribution in [3.8, 4) is 11.5 Å². The van der Waals surface area contributed by atoms with Gasteiger partial charge < -0.3 is 18.3 Å². The van der Waals surface area contributed by atoms with Crippen molar-refractivity contribution in [3.05, 3.63) is 130 Å². The summed E-state index contributed by atoms with van der Waals surface area (Å²) in [6, 6.07) is 18.8. The molecule has 0 spiro atoms. The number of oxazole rings is 2. The molecule has 11 heteroatoms. The molecule has 0 radical (unpaired) electrons. The fourth-order valence-electron chi connectivity index (χ4n) is 7.53. The first-order chi connectivity index (χ1) is 31.9. The van der Waals surface area contributed by atoms with Crippen molar-refractivity contribution in [2.24, 2.45) is 0 Å². The van der Waals surface area contributed by atoms with Gasteiger partial charge in [-0.3, -0.25) is 0 Å². The monoisotopic (exact) mass is 993 g/mol. The van der Waals surface area contributed by atoms with E-state index in [1.54, 1.807) is 41.7 Å². The number of aryl methyl sites for hydroxylation is 2. The van der Waals surface area contributed by atoms with E-state index in [2.05, 4.69) is 162 Å². The Morgan fingerprint density at radius 2 is 0.972 bits per heavy atom. The van der Waals surface area contributed by atoms with Crippen molar-refractivity contribution in [2.45, 2.75) is 233 Å². The number of aromatic nitrogens is 2. The molecule has 0 N–H and O–H groups in total. The Labute approximate surface area is 423 Å². The molecule has 3 heterocycles. The van der Waals surface area contributed by atoms with Gasteiger partial charge in [-0.1, -0.05) is 194 Å². The lowest BCUT2D eigenvalue weighted by Gasteiger charge is -2.22. The lowest BCUT2D eigenvalue weighted by atomic mass is 9.85. The summed E-state index contributed by atoms with van der Waals surface area (Å²) in [7, 11) is 0. The first-order valence-corrected chi connectivity index (χ1v) is 25.1. The highest BCUT2D eigenvalue weighted by Gasteiger charge is 2.64. The highest BCUT2D eigenvalue weighted by atomic mass is 19.4. The molecule has 2 aromatic heterocycles. The van der Waals surface area contributed by atoms with Gasteiger partial charge in [0.05, 0.1) is 17.3 Å². The Balaban J connectivity index is 0.000000194. The van der Waals surface area contributed by atoms with Gasteiger partial charge in [-0.05, 0) is 93.9 Å². The van der Waals surface area contributed by atoms with Crippen molar-refractivity contribution < 1.29 is 40.3 Å². The van der Waals surface area contributed by atoms with E-state index >= 15 is 0 Å². The van der Waals surface area contributed by atoms with E-state index in [-0.39, 0.29) is 56.8 Å². The zero-order valence-corrected chi connectivity index (χ0v) is 46.9. The van der Waals surface area contributed by atoms with Crippen LogP contribution in [-0.4, -0.2) is 22.4 Å². The highest BCUT2D eigenvalue weighted by Crippen LogP contribution is 2.59. The number of alkyl halides is 5. The maximum atomic E-state index is 12.9. The summed E-state index contributed by atoms with van der Waals surface area (Å²) in [5.41, 5.74) is 6.85. The highest BCUT2D eigenvalue weighted by molar-refractivity contribution is 5.47. The van der Waals surface area contributed by atoms with E-state index in [1.165, 1.54) is 30.9 Å². The summed E-state index contributed by atoms with van der Waals surface area (Å²) in [5.74, 6) is 2.78. The van der Waals surface area contributed by atoms with Crippen molar-refractivity contribution in [3.63, 3.8) is 0 Å². The quantitative estimate of drug-likeness (QED) is 0.156. The number of rotatable bonds is 1. The number of benzene rings is 3. The number of nitrogens with zero attached hydrogens (tertiary/aromatic N) is 2. The third-order valence-corrected chi connectivity index (χ3v) is 12.6. The lowest BCUT2D eigenvalue weighted by Crippen LogP contribution is -2.28. The summed E-state index contributed by atoms with van der Waals surface area (Å²) >= 11 is 0. The second kappa shape index (κ2) is 20.7. The van der Waals surface area contributed by atoms with Crippen LogP contribution in [0, 0.1) is 0 Å². The molecule has 2 aliphatic carbocycles. The van der Waals surface area contributed by atoms with Gasteiger partial charge >= 0.3 is 12.5 Å². The van der Waals surface area contributed by atoms with Gasteiger partial charge in [0.1, 0.15) is 12.0 Å². The molecule has 8 rings (SSSR count). The van der Waals surface area contributed by atoms with E-state index < -0.39 is 17.9 Å². The topological polar surface area (TPSA) is 70.5 Å². The zero-order chi connectivity index (χ0) is 54.2. The molecule has 0 amide bonds. The molecule has 0 unspecified atom stereocenters. The molecule has 0 atom stereocenters. The van der Waals surface area contributed by atoms with Gasteiger partial charge in [-0.15, -0.1) is 8.78 Å². The number of ether oxygens (including phenoxy) is 2. The third kappa shape index (κ3) is 16.2. The summed E-state index contributed by atoms with van der Waals surface area (Å²) < 4.78 is 84.0. The molecule has 1 fully saturated rings. The average molecular weight is 993 g/mol. The Kier molecular flexibility index (Phi) is 17.2. The molecule has 6 nitrogen and oxygen atoms in total. The molecule has 3 aliphatic rings. The van der Waals surface area contributed by atoms with E-state index in [0.29, 0.717) is 11.0 Å². The normalized spacial score (nSPS) is 16.2. The average Bonchev–Trinajstić information content (AvgIpc) is 3.65. The summed E-state index contributed by atoms with van der Waals surface area (Å²) in [6.07, 6.45) is 0.342. The second-order valence-corrected chi connectivity index (χ2v) is 26.6. The predicted molar refractivity (Wildman–Crippen MR) is 278 cm³/mol. The zero-order valence-electron chi connectivity index (χ0n) is 46.9. The number of hydrogen-bond donors (Lipinski definition) is 0. The Morgan fingerprint density at radius 1 is 0.493 bits per heavy atom. The molecule has 3 aromatic carbocycles. The van der Waals surface area contributed by atoms with Crippen LogP contribution in [-0.2, 0) is 56.2 Å². The molecular formula is C60H85F5N2O4. The fourth-order valence-corrected chi connectivity index (χ4v) is 7.53. The van der Waals surface area contributed by atoms with Crippen molar-refractivity contribution in [1.82, 2.24) is 9.97 Å². The van der Waals surface area contributed by atoms with Crippen LogP contribution < -0.4 is 9.47 Å². The van der Waals surface area contributed by atoms with Crippen molar-refractivity contribution in [1.29, 1.82) is 0 Å². The third-order valence-electron chi connectivity index (χ3n) is 12.6. The van der Waals surface area contributed by atoms with E-state index in [0.717, 1.165) is 34.4 Å². The van der Waals surface area contributed by atoms with E-state index in [4.69, 9.17) is 8.83 Å². The molecule has 1 saturated carbocycles. The summed E-state index contributed by atoms with van der Waals surface area (Å²) in [6.45, 7) is 44.4.